The molecule has 0 aromatic heterocycles. The Morgan fingerprint density at radius 1 is 1.03 bits per heavy atom. The third-order valence-electron chi connectivity index (χ3n) is 5.53. The Kier molecular flexibility index (Phi) is 6.10. The highest BCUT2D eigenvalue weighted by atomic mass is 16.5. The molecule has 2 aromatic carbocycles. The summed E-state index contributed by atoms with van der Waals surface area (Å²) in [7, 11) is 0. The van der Waals surface area contributed by atoms with Crippen molar-refractivity contribution in [2.24, 2.45) is 0 Å². The fourth-order valence-electron chi connectivity index (χ4n) is 3.87. The van der Waals surface area contributed by atoms with Crippen molar-refractivity contribution < 1.29 is 14.3 Å². The van der Waals surface area contributed by atoms with Crippen molar-refractivity contribution in [3.8, 4) is 5.75 Å². The molecule has 2 aliphatic rings. The van der Waals surface area contributed by atoms with Gasteiger partial charge in [0.15, 0.2) is 5.78 Å². The van der Waals surface area contributed by atoms with Crippen LogP contribution in [0.1, 0.15) is 29.6 Å². The number of hydrogen-bond donors (Lipinski definition) is 1. The van der Waals surface area contributed by atoms with E-state index in [9.17, 15) is 9.59 Å². The number of hydrogen-bond acceptors (Lipinski definition) is 5. The van der Waals surface area contributed by atoms with E-state index in [1.54, 1.807) is 18.2 Å². The van der Waals surface area contributed by atoms with E-state index >= 15 is 0 Å². The smallest absolute Gasteiger partial charge is 0.227 e. The van der Waals surface area contributed by atoms with Crippen molar-refractivity contribution in [3.63, 3.8) is 0 Å². The van der Waals surface area contributed by atoms with Crippen LogP contribution in [0.5, 0.6) is 5.75 Å². The Balaban J connectivity index is 1.24. The number of ketones is 1. The van der Waals surface area contributed by atoms with Gasteiger partial charge in [-0.2, -0.15) is 0 Å². The molecule has 4 rings (SSSR count). The molecule has 0 atom stereocenters. The van der Waals surface area contributed by atoms with Crippen LogP contribution < -0.4 is 15.0 Å². The zero-order chi connectivity index (χ0) is 20.1. The normalized spacial score (nSPS) is 17.1. The lowest BCUT2D eigenvalue weighted by molar-refractivity contribution is -0.116. The number of rotatable bonds is 6. The lowest BCUT2D eigenvalue weighted by atomic mass is 10.0. The minimum atomic E-state index is -0.0806. The van der Waals surface area contributed by atoms with Gasteiger partial charge >= 0.3 is 0 Å². The molecule has 152 valence electrons. The van der Waals surface area contributed by atoms with Crippen LogP contribution in [0.15, 0.2) is 48.5 Å². The number of nitrogens with one attached hydrogen (secondary N) is 1. The number of anilines is 2. The van der Waals surface area contributed by atoms with Crippen molar-refractivity contribution in [1.29, 1.82) is 0 Å². The van der Waals surface area contributed by atoms with E-state index in [-0.39, 0.29) is 11.7 Å². The van der Waals surface area contributed by atoms with Crippen molar-refractivity contribution in [2.45, 2.75) is 19.3 Å². The summed E-state index contributed by atoms with van der Waals surface area (Å²) in [6.45, 7) is 5.37. The van der Waals surface area contributed by atoms with Crippen LogP contribution in [0.4, 0.5) is 11.4 Å². The molecular formula is C23H27N3O3. The summed E-state index contributed by atoms with van der Waals surface area (Å²) in [5, 5.41) is 2.81. The summed E-state index contributed by atoms with van der Waals surface area (Å²) in [5.41, 5.74) is 2.50. The molecule has 1 fully saturated rings. The molecule has 6 heteroatoms. The van der Waals surface area contributed by atoms with Gasteiger partial charge in [0.2, 0.25) is 5.91 Å². The second-order valence-electron chi connectivity index (χ2n) is 7.55. The highest BCUT2D eigenvalue weighted by Gasteiger charge is 2.18. The van der Waals surface area contributed by atoms with Gasteiger partial charge < -0.3 is 15.0 Å². The number of nitrogens with zero attached hydrogens (tertiary/aromatic N) is 2. The number of para-hydroxylation sites is 1. The number of amides is 1. The van der Waals surface area contributed by atoms with Crippen LogP contribution in [0.3, 0.4) is 0 Å². The van der Waals surface area contributed by atoms with Crippen LogP contribution >= 0.6 is 0 Å². The maximum absolute atomic E-state index is 12.6. The Morgan fingerprint density at radius 3 is 2.62 bits per heavy atom. The van der Waals surface area contributed by atoms with Crippen LogP contribution in [0, 0.1) is 0 Å². The molecule has 2 aliphatic heterocycles. The summed E-state index contributed by atoms with van der Waals surface area (Å²) in [5.74, 6) is 0.654. The molecule has 0 saturated carbocycles. The van der Waals surface area contributed by atoms with Gasteiger partial charge in [-0.05, 0) is 43.3 Å². The van der Waals surface area contributed by atoms with Crippen LogP contribution in [0.2, 0.25) is 0 Å². The first-order chi connectivity index (χ1) is 14.2. The van der Waals surface area contributed by atoms with Crippen molar-refractivity contribution in [3.05, 3.63) is 54.1 Å². The zero-order valence-corrected chi connectivity index (χ0v) is 16.6. The van der Waals surface area contributed by atoms with E-state index in [1.165, 1.54) is 5.69 Å². The number of benzene rings is 2. The second-order valence-corrected chi connectivity index (χ2v) is 7.55. The van der Waals surface area contributed by atoms with Gasteiger partial charge in [-0.1, -0.05) is 18.2 Å². The van der Waals surface area contributed by atoms with Gasteiger partial charge in [0.1, 0.15) is 5.75 Å². The SMILES string of the molecule is O=C1CCOc2ccc(C(=O)CCCN3CCN(c4ccccc4)CC3)cc2N1. The number of ether oxygens (including phenoxy) is 1. The van der Waals surface area contributed by atoms with Gasteiger partial charge in [0.05, 0.1) is 18.7 Å². The molecule has 0 aliphatic carbocycles. The van der Waals surface area contributed by atoms with E-state index in [2.05, 4.69) is 39.4 Å². The first kappa shape index (κ1) is 19.5. The summed E-state index contributed by atoms with van der Waals surface area (Å²) in [6.07, 6.45) is 1.67. The van der Waals surface area contributed by atoms with Gasteiger partial charge in [0.25, 0.3) is 0 Å². The molecule has 29 heavy (non-hydrogen) atoms. The molecule has 0 radical (unpaired) electrons. The molecule has 1 saturated heterocycles. The molecular weight excluding hydrogens is 366 g/mol. The molecule has 2 aromatic rings. The van der Waals surface area contributed by atoms with Crippen molar-refractivity contribution >= 4 is 23.1 Å². The predicted octanol–water partition coefficient (Wildman–Crippen LogP) is 3.19. The molecule has 1 N–H and O–H groups in total. The van der Waals surface area contributed by atoms with E-state index < -0.39 is 0 Å². The lowest BCUT2D eigenvalue weighted by Gasteiger charge is -2.36. The quantitative estimate of drug-likeness (QED) is 0.764. The molecule has 0 bridgehead atoms. The summed E-state index contributed by atoms with van der Waals surface area (Å²) in [6, 6.07) is 15.8. The minimum Gasteiger partial charge on any atom is -0.491 e. The average Bonchev–Trinajstić information content (AvgIpc) is 2.94. The maximum atomic E-state index is 12.6. The number of piperazine rings is 1. The molecule has 2 heterocycles. The Labute approximate surface area is 171 Å². The molecule has 6 nitrogen and oxygen atoms in total. The van der Waals surface area contributed by atoms with E-state index in [0.29, 0.717) is 36.4 Å². The number of fused-ring (bicyclic) bond motifs is 1. The van der Waals surface area contributed by atoms with Gasteiger partial charge in [-0.25, -0.2) is 0 Å². The largest absolute Gasteiger partial charge is 0.491 e. The van der Waals surface area contributed by atoms with E-state index in [4.69, 9.17) is 4.74 Å². The number of Topliss-reactive ketones (excluding diaryl/α,β-unsaturated/α-hetero) is 1. The Morgan fingerprint density at radius 2 is 1.83 bits per heavy atom. The Hall–Kier alpha value is -2.86. The second kappa shape index (κ2) is 9.09. The minimum absolute atomic E-state index is 0.0806. The van der Waals surface area contributed by atoms with Crippen molar-refractivity contribution in [1.82, 2.24) is 4.90 Å². The summed E-state index contributed by atoms with van der Waals surface area (Å²) < 4.78 is 5.55. The van der Waals surface area contributed by atoms with Crippen molar-refractivity contribution in [2.75, 3.05) is 49.5 Å². The molecule has 1 amide bonds. The zero-order valence-electron chi connectivity index (χ0n) is 16.6. The summed E-state index contributed by atoms with van der Waals surface area (Å²) >= 11 is 0. The lowest BCUT2D eigenvalue weighted by Crippen LogP contribution is -2.46. The highest BCUT2D eigenvalue weighted by Crippen LogP contribution is 2.28. The fourth-order valence-corrected chi connectivity index (χ4v) is 3.87. The highest BCUT2D eigenvalue weighted by molar-refractivity contribution is 5.99. The Bertz CT molecular complexity index is 861. The average molecular weight is 393 g/mol. The van der Waals surface area contributed by atoms with Gasteiger partial charge in [-0.3, -0.25) is 14.5 Å². The van der Waals surface area contributed by atoms with Crippen LogP contribution in [-0.4, -0.2) is 55.9 Å². The summed E-state index contributed by atoms with van der Waals surface area (Å²) in [4.78, 5) is 29.1. The third-order valence-corrected chi connectivity index (χ3v) is 5.53. The third kappa shape index (κ3) is 4.95. The monoisotopic (exact) mass is 393 g/mol. The van der Waals surface area contributed by atoms with E-state index in [0.717, 1.165) is 39.1 Å². The topological polar surface area (TPSA) is 61.9 Å². The van der Waals surface area contributed by atoms with E-state index in [1.807, 2.05) is 6.07 Å². The van der Waals surface area contributed by atoms with Crippen LogP contribution in [0.25, 0.3) is 0 Å². The molecule has 0 unspecified atom stereocenters. The van der Waals surface area contributed by atoms with Gasteiger partial charge in [-0.15, -0.1) is 0 Å². The standard InChI is InChI=1S/C23H27N3O3/c27-21(18-8-9-22-20(17-18)24-23(28)10-16-29-22)7-4-11-25-12-14-26(15-13-25)19-5-2-1-3-6-19/h1-3,5-6,8-9,17H,4,7,10-16H2,(H,24,28). The van der Waals surface area contributed by atoms with Crippen LogP contribution in [-0.2, 0) is 4.79 Å². The fraction of sp³-hybridized carbons (Fsp3) is 0.391. The number of carbonyl (C=O) groups excluding carboxylic acids is 2. The van der Waals surface area contributed by atoms with Gasteiger partial charge in [0, 0.05) is 43.9 Å². The first-order valence-electron chi connectivity index (χ1n) is 10.3. The number of carbonyl (C=O) groups is 2. The maximum Gasteiger partial charge on any atom is 0.227 e. The molecule has 0 spiro atoms. The predicted molar refractivity (Wildman–Crippen MR) is 114 cm³/mol. The first-order valence-corrected chi connectivity index (χ1v) is 10.3.